The molecule has 1 aromatic carbocycles. The van der Waals surface area contributed by atoms with Crippen molar-refractivity contribution in [2.24, 2.45) is 7.05 Å². The summed E-state index contributed by atoms with van der Waals surface area (Å²) in [7, 11) is 3.90. The summed E-state index contributed by atoms with van der Waals surface area (Å²) >= 11 is 7.85. The molecule has 0 fully saturated rings. The third-order valence-corrected chi connectivity index (χ3v) is 4.41. The van der Waals surface area contributed by atoms with Gasteiger partial charge in [-0.1, -0.05) is 35.5 Å². The van der Waals surface area contributed by atoms with Crippen LogP contribution in [0.4, 0.5) is 0 Å². The van der Waals surface area contributed by atoms with Crippen molar-refractivity contribution in [1.82, 2.24) is 15.1 Å². The lowest BCUT2D eigenvalue weighted by atomic mass is 10.3. The van der Waals surface area contributed by atoms with Crippen LogP contribution in [-0.2, 0) is 13.6 Å². The van der Waals surface area contributed by atoms with E-state index < -0.39 is 0 Å². The highest BCUT2D eigenvalue weighted by Crippen LogP contribution is 2.35. The van der Waals surface area contributed by atoms with E-state index in [0.29, 0.717) is 0 Å². The Labute approximate surface area is 117 Å². The predicted octanol–water partition coefficient (Wildman–Crippen LogP) is 3.25. The fourth-order valence-electron chi connectivity index (χ4n) is 1.82. The van der Waals surface area contributed by atoms with Crippen molar-refractivity contribution in [3.63, 3.8) is 0 Å². The lowest BCUT2D eigenvalue weighted by molar-refractivity contribution is 0.684. The Bertz CT molecular complexity index is 551. The molecule has 1 heterocycles. The maximum atomic E-state index is 6.20. The second-order valence-corrected chi connectivity index (χ2v) is 5.49. The predicted molar refractivity (Wildman–Crippen MR) is 76.3 cm³/mol. The number of rotatable bonds is 4. The number of benzene rings is 1. The van der Waals surface area contributed by atoms with Crippen molar-refractivity contribution in [3.05, 3.63) is 40.5 Å². The number of nitrogens with zero attached hydrogens (tertiary/aromatic N) is 2. The lowest BCUT2D eigenvalue weighted by Crippen LogP contribution is -2.06. The molecule has 2 rings (SSSR count). The molecule has 3 nitrogen and oxygen atoms in total. The summed E-state index contributed by atoms with van der Waals surface area (Å²) in [5.74, 6) is 0. The molecule has 0 saturated carbocycles. The van der Waals surface area contributed by atoms with Crippen LogP contribution in [0, 0.1) is 6.92 Å². The van der Waals surface area contributed by atoms with Crippen LogP contribution in [0.2, 0.25) is 5.02 Å². The van der Waals surface area contributed by atoms with E-state index in [1.54, 1.807) is 11.8 Å². The molecule has 0 radical (unpaired) electrons. The molecule has 0 bridgehead atoms. The van der Waals surface area contributed by atoms with Crippen molar-refractivity contribution in [2.45, 2.75) is 23.4 Å². The standard InChI is InChI=1S/C13H16ClN3S/c1-9-10(8-15-2)13(17(3)16-9)18-12-7-5-4-6-11(12)14/h4-7,15H,8H2,1-3H3. The van der Waals surface area contributed by atoms with Crippen LogP contribution in [0.25, 0.3) is 0 Å². The maximum absolute atomic E-state index is 6.20. The quantitative estimate of drug-likeness (QED) is 0.933. The normalized spacial score (nSPS) is 10.9. The molecule has 0 amide bonds. The van der Waals surface area contributed by atoms with Gasteiger partial charge in [-0.2, -0.15) is 5.10 Å². The highest BCUT2D eigenvalue weighted by molar-refractivity contribution is 7.99. The summed E-state index contributed by atoms with van der Waals surface area (Å²) in [6.45, 7) is 2.84. The third kappa shape index (κ3) is 2.71. The average Bonchev–Trinajstić information content (AvgIpc) is 2.59. The first kappa shape index (κ1) is 13.5. The topological polar surface area (TPSA) is 29.9 Å². The van der Waals surface area contributed by atoms with Gasteiger partial charge >= 0.3 is 0 Å². The van der Waals surface area contributed by atoms with E-state index in [1.807, 2.05) is 50.0 Å². The van der Waals surface area contributed by atoms with Gasteiger partial charge < -0.3 is 5.32 Å². The molecular formula is C13H16ClN3S. The summed E-state index contributed by atoms with van der Waals surface area (Å²) < 4.78 is 1.91. The Balaban J connectivity index is 2.37. The fraction of sp³-hybridized carbons (Fsp3) is 0.308. The van der Waals surface area contributed by atoms with Gasteiger partial charge in [-0.15, -0.1) is 0 Å². The molecule has 0 spiro atoms. The highest BCUT2D eigenvalue weighted by Gasteiger charge is 2.14. The summed E-state index contributed by atoms with van der Waals surface area (Å²) in [5, 5.41) is 9.56. The fourth-order valence-corrected chi connectivity index (χ4v) is 3.11. The van der Waals surface area contributed by atoms with Crippen LogP contribution < -0.4 is 5.32 Å². The van der Waals surface area contributed by atoms with Crippen LogP contribution >= 0.6 is 23.4 Å². The monoisotopic (exact) mass is 281 g/mol. The van der Waals surface area contributed by atoms with Gasteiger partial charge in [0.15, 0.2) is 0 Å². The van der Waals surface area contributed by atoms with E-state index in [9.17, 15) is 0 Å². The number of hydrogen-bond acceptors (Lipinski definition) is 3. The molecule has 1 N–H and O–H groups in total. The minimum atomic E-state index is 0.775. The molecule has 0 atom stereocenters. The van der Waals surface area contributed by atoms with Crippen molar-refractivity contribution in [3.8, 4) is 0 Å². The molecule has 0 saturated heterocycles. The first-order valence-corrected chi connectivity index (χ1v) is 6.92. The SMILES string of the molecule is CNCc1c(C)nn(C)c1Sc1ccccc1Cl. The summed E-state index contributed by atoms with van der Waals surface area (Å²) in [6, 6.07) is 7.87. The van der Waals surface area contributed by atoms with Gasteiger partial charge in [-0.05, 0) is 26.1 Å². The van der Waals surface area contributed by atoms with Gasteiger partial charge in [0.05, 0.1) is 10.7 Å². The zero-order valence-electron chi connectivity index (χ0n) is 10.7. The van der Waals surface area contributed by atoms with Crippen LogP contribution in [0.15, 0.2) is 34.2 Å². The molecular weight excluding hydrogens is 266 g/mol. The van der Waals surface area contributed by atoms with E-state index in [-0.39, 0.29) is 0 Å². The van der Waals surface area contributed by atoms with E-state index in [2.05, 4.69) is 10.4 Å². The minimum Gasteiger partial charge on any atom is -0.316 e. The average molecular weight is 282 g/mol. The number of aromatic nitrogens is 2. The van der Waals surface area contributed by atoms with Crippen LogP contribution in [-0.4, -0.2) is 16.8 Å². The summed E-state index contributed by atoms with van der Waals surface area (Å²) in [6.07, 6.45) is 0. The zero-order chi connectivity index (χ0) is 13.1. The molecule has 0 aliphatic rings. The van der Waals surface area contributed by atoms with Crippen molar-refractivity contribution in [1.29, 1.82) is 0 Å². The lowest BCUT2D eigenvalue weighted by Gasteiger charge is -2.07. The van der Waals surface area contributed by atoms with Crippen molar-refractivity contribution < 1.29 is 0 Å². The Morgan fingerprint density at radius 3 is 2.78 bits per heavy atom. The zero-order valence-corrected chi connectivity index (χ0v) is 12.3. The molecule has 1 aromatic heterocycles. The van der Waals surface area contributed by atoms with Gasteiger partial charge in [0.1, 0.15) is 5.03 Å². The van der Waals surface area contributed by atoms with Gasteiger partial charge in [-0.25, -0.2) is 0 Å². The van der Waals surface area contributed by atoms with E-state index in [0.717, 1.165) is 27.2 Å². The molecule has 0 aliphatic carbocycles. The first-order chi connectivity index (χ1) is 8.63. The van der Waals surface area contributed by atoms with E-state index >= 15 is 0 Å². The largest absolute Gasteiger partial charge is 0.316 e. The Kier molecular flexibility index (Phi) is 4.32. The minimum absolute atomic E-state index is 0.775. The maximum Gasteiger partial charge on any atom is 0.103 e. The van der Waals surface area contributed by atoms with E-state index in [1.165, 1.54) is 5.56 Å². The molecule has 0 unspecified atom stereocenters. The van der Waals surface area contributed by atoms with Gasteiger partial charge in [-0.3, -0.25) is 4.68 Å². The number of nitrogens with one attached hydrogen (secondary N) is 1. The number of aryl methyl sites for hydroxylation is 2. The van der Waals surface area contributed by atoms with Crippen LogP contribution in [0.1, 0.15) is 11.3 Å². The molecule has 18 heavy (non-hydrogen) atoms. The van der Waals surface area contributed by atoms with Gasteiger partial charge in [0.2, 0.25) is 0 Å². The smallest absolute Gasteiger partial charge is 0.103 e. The summed E-state index contributed by atoms with van der Waals surface area (Å²) in [5.41, 5.74) is 2.28. The molecule has 0 aliphatic heterocycles. The number of hydrogen-bond donors (Lipinski definition) is 1. The van der Waals surface area contributed by atoms with Crippen LogP contribution in [0.3, 0.4) is 0 Å². The Morgan fingerprint density at radius 2 is 2.11 bits per heavy atom. The first-order valence-electron chi connectivity index (χ1n) is 5.73. The van der Waals surface area contributed by atoms with Gasteiger partial charge in [0, 0.05) is 24.1 Å². The van der Waals surface area contributed by atoms with Crippen molar-refractivity contribution >= 4 is 23.4 Å². The molecule has 5 heteroatoms. The highest BCUT2D eigenvalue weighted by atomic mass is 35.5. The molecule has 2 aromatic rings. The second kappa shape index (κ2) is 5.78. The van der Waals surface area contributed by atoms with Crippen LogP contribution in [0.5, 0.6) is 0 Å². The number of halogens is 1. The third-order valence-electron chi connectivity index (χ3n) is 2.69. The Hall–Kier alpha value is -0.970. The van der Waals surface area contributed by atoms with E-state index in [4.69, 9.17) is 11.6 Å². The summed E-state index contributed by atoms with van der Waals surface area (Å²) in [4.78, 5) is 1.06. The molecule has 96 valence electrons. The Morgan fingerprint density at radius 1 is 1.39 bits per heavy atom. The van der Waals surface area contributed by atoms with Crippen molar-refractivity contribution in [2.75, 3.05) is 7.05 Å². The van der Waals surface area contributed by atoms with Gasteiger partial charge in [0.25, 0.3) is 0 Å². The second-order valence-electron chi connectivity index (χ2n) is 4.06.